The van der Waals surface area contributed by atoms with Gasteiger partial charge in [-0.2, -0.15) is 12.7 Å². The molecule has 0 saturated carbocycles. The van der Waals surface area contributed by atoms with Crippen LogP contribution in [0.15, 0.2) is 0 Å². The van der Waals surface area contributed by atoms with Crippen LogP contribution in [0, 0.1) is 0 Å². The predicted octanol–water partition coefficient (Wildman–Crippen LogP) is 0.0258. The fourth-order valence-corrected chi connectivity index (χ4v) is 2.46. The molecular formula is C8H18N2O4S. The Kier molecular flexibility index (Phi) is 5.77. The molecule has 90 valence electrons. The van der Waals surface area contributed by atoms with E-state index in [0.29, 0.717) is 13.0 Å². The number of rotatable bonds is 7. The molecule has 15 heavy (non-hydrogen) atoms. The van der Waals surface area contributed by atoms with Gasteiger partial charge in [0.25, 0.3) is 10.2 Å². The van der Waals surface area contributed by atoms with E-state index >= 15 is 0 Å². The summed E-state index contributed by atoms with van der Waals surface area (Å²) in [7, 11) is -3.68. The molecule has 0 aliphatic carbocycles. The average molecular weight is 238 g/mol. The fourth-order valence-electron chi connectivity index (χ4n) is 0.992. The summed E-state index contributed by atoms with van der Waals surface area (Å²) in [5.41, 5.74) is 0. The molecule has 0 aromatic rings. The van der Waals surface area contributed by atoms with Gasteiger partial charge in [-0.1, -0.05) is 6.92 Å². The second kappa shape index (κ2) is 6.04. The Hall–Kier alpha value is -0.660. The van der Waals surface area contributed by atoms with Gasteiger partial charge in [0.1, 0.15) is 6.54 Å². The quantitative estimate of drug-likeness (QED) is 0.655. The van der Waals surface area contributed by atoms with Crippen LogP contribution in [0.2, 0.25) is 0 Å². The highest BCUT2D eigenvalue weighted by Gasteiger charge is 2.26. The molecule has 0 saturated heterocycles. The van der Waals surface area contributed by atoms with Crippen LogP contribution in [0.4, 0.5) is 0 Å². The van der Waals surface area contributed by atoms with Crippen molar-refractivity contribution in [2.75, 3.05) is 13.1 Å². The Morgan fingerprint density at radius 2 is 2.00 bits per heavy atom. The van der Waals surface area contributed by atoms with Crippen LogP contribution in [0.3, 0.4) is 0 Å². The number of aliphatic carboxylic acids is 1. The van der Waals surface area contributed by atoms with Gasteiger partial charge >= 0.3 is 5.97 Å². The Morgan fingerprint density at radius 3 is 2.33 bits per heavy atom. The lowest BCUT2D eigenvalue weighted by atomic mass is 10.4. The maximum atomic E-state index is 11.6. The minimum absolute atomic E-state index is 0.311. The van der Waals surface area contributed by atoms with Gasteiger partial charge in [-0.05, 0) is 20.3 Å². The van der Waals surface area contributed by atoms with Crippen molar-refractivity contribution in [3.05, 3.63) is 0 Å². The first-order valence-electron chi connectivity index (χ1n) is 4.79. The molecule has 0 aromatic heterocycles. The summed E-state index contributed by atoms with van der Waals surface area (Å²) >= 11 is 0. The van der Waals surface area contributed by atoms with E-state index in [-0.39, 0.29) is 6.04 Å². The molecule has 7 heteroatoms. The Balaban J connectivity index is 4.67. The van der Waals surface area contributed by atoms with Gasteiger partial charge in [0.2, 0.25) is 0 Å². The van der Waals surface area contributed by atoms with Gasteiger partial charge in [-0.25, -0.2) is 4.72 Å². The highest BCUT2D eigenvalue weighted by Crippen LogP contribution is 2.04. The van der Waals surface area contributed by atoms with E-state index in [2.05, 4.69) is 4.72 Å². The highest BCUT2D eigenvalue weighted by molar-refractivity contribution is 7.87. The van der Waals surface area contributed by atoms with Gasteiger partial charge < -0.3 is 5.11 Å². The molecule has 0 aliphatic heterocycles. The number of carbonyl (C=O) groups is 1. The first kappa shape index (κ1) is 14.3. The molecule has 0 aromatic carbocycles. The molecule has 6 nitrogen and oxygen atoms in total. The SMILES string of the molecule is CCCNS(=O)(=O)N(CC(=O)O)C(C)C. The number of hydrogen-bond donors (Lipinski definition) is 2. The minimum atomic E-state index is -3.68. The van der Waals surface area contributed by atoms with Crippen LogP contribution in [0.5, 0.6) is 0 Å². The van der Waals surface area contributed by atoms with Crippen molar-refractivity contribution in [3.63, 3.8) is 0 Å². The van der Waals surface area contributed by atoms with E-state index in [1.165, 1.54) is 0 Å². The zero-order valence-electron chi connectivity index (χ0n) is 9.23. The van der Waals surface area contributed by atoms with Crippen LogP contribution >= 0.6 is 0 Å². The highest BCUT2D eigenvalue weighted by atomic mass is 32.2. The van der Waals surface area contributed by atoms with Crippen molar-refractivity contribution >= 4 is 16.2 Å². The number of nitrogens with zero attached hydrogens (tertiary/aromatic N) is 1. The van der Waals surface area contributed by atoms with Crippen molar-refractivity contribution in [1.82, 2.24) is 9.03 Å². The van der Waals surface area contributed by atoms with Crippen LogP contribution in [-0.4, -0.2) is 42.9 Å². The predicted molar refractivity (Wildman–Crippen MR) is 56.7 cm³/mol. The van der Waals surface area contributed by atoms with Crippen molar-refractivity contribution in [1.29, 1.82) is 0 Å². The third-order valence-corrected chi connectivity index (χ3v) is 3.45. The third kappa shape index (κ3) is 5.10. The van der Waals surface area contributed by atoms with Crippen LogP contribution in [0.25, 0.3) is 0 Å². The van der Waals surface area contributed by atoms with Gasteiger partial charge in [0.05, 0.1) is 0 Å². The summed E-state index contributed by atoms with van der Waals surface area (Å²) in [4.78, 5) is 10.5. The van der Waals surface area contributed by atoms with E-state index in [1.54, 1.807) is 13.8 Å². The van der Waals surface area contributed by atoms with E-state index in [9.17, 15) is 13.2 Å². The van der Waals surface area contributed by atoms with Crippen LogP contribution < -0.4 is 4.72 Å². The first-order chi connectivity index (χ1) is 6.81. The maximum absolute atomic E-state index is 11.6. The lowest BCUT2D eigenvalue weighted by Gasteiger charge is -2.23. The molecule has 0 fully saturated rings. The summed E-state index contributed by atoms with van der Waals surface area (Å²) in [6.07, 6.45) is 0.665. The molecule has 0 radical (unpaired) electrons. The molecule has 2 N–H and O–H groups in total. The largest absolute Gasteiger partial charge is 0.480 e. The lowest BCUT2D eigenvalue weighted by molar-refractivity contribution is -0.137. The van der Waals surface area contributed by atoms with Crippen molar-refractivity contribution in [2.45, 2.75) is 33.2 Å². The third-order valence-electron chi connectivity index (χ3n) is 1.71. The standard InChI is InChI=1S/C8H18N2O4S/c1-4-5-9-15(13,14)10(7(2)3)6-8(11)12/h7,9H,4-6H2,1-3H3,(H,11,12). The summed E-state index contributed by atoms with van der Waals surface area (Å²) in [6.45, 7) is 4.89. The summed E-state index contributed by atoms with van der Waals surface area (Å²) < 4.78 is 26.5. The van der Waals surface area contributed by atoms with Gasteiger partial charge in [-0.3, -0.25) is 4.79 Å². The maximum Gasteiger partial charge on any atom is 0.318 e. The number of carboxylic acid groups (broad SMARTS) is 1. The van der Waals surface area contributed by atoms with E-state index in [4.69, 9.17) is 5.11 Å². The molecule has 0 rings (SSSR count). The zero-order chi connectivity index (χ0) is 12.1. The average Bonchev–Trinajstić information content (AvgIpc) is 2.10. The Morgan fingerprint density at radius 1 is 1.47 bits per heavy atom. The summed E-state index contributed by atoms with van der Waals surface area (Å²) in [5.74, 6) is -1.16. The topological polar surface area (TPSA) is 86.7 Å². The van der Waals surface area contributed by atoms with Crippen molar-refractivity contribution in [2.24, 2.45) is 0 Å². The van der Waals surface area contributed by atoms with E-state index in [1.807, 2.05) is 6.92 Å². The van der Waals surface area contributed by atoms with Gasteiger partial charge in [-0.15, -0.1) is 0 Å². The Labute approximate surface area is 90.5 Å². The molecule has 0 spiro atoms. The number of carboxylic acids is 1. The molecule has 0 atom stereocenters. The second-order valence-corrected chi connectivity index (χ2v) is 5.14. The smallest absolute Gasteiger partial charge is 0.318 e. The molecule has 0 heterocycles. The molecule has 0 amide bonds. The summed E-state index contributed by atoms with van der Waals surface area (Å²) in [6, 6.07) is -0.379. The molecule has 0 unspecified atom stereocenters. The number of nitrogens with one attached hydrogen (secondary N) is 1. The summed E-state index contributed by atoms with van der Waals surface area (Å²) in [5, 5.41) is 8.59. The lowest BCUT2D eigenvalue weighted by Crippen LogP contribution is -2.47. The monoisotopic (exact) mass is 238 g/mol. The van der Waals surface area contributed by atoms with Crippen molar-refractivity contribution in [3.8, 4) is 0 Å². The van der Waals surface area contributed by atoms with Crippen LogP contribution in [-0.2, 0) is 15.0 Å². The molecule has 0 aliphatic rings. The zero-order valence-corrected chi connectivity index (χ0v) is 10.0. The first-order valence-corrected chi connectivity index (χ1v) is 6.23. The minimum Gasteiger partial charge on any atom is -0.480 e. The fraction of sp³-hybridized carbons (Fsp3) is 0.875. The number of hydrogen-bond acceptors (Lipinski definition) is 3. The molecule has 0 bridgehead atoms. The van der Waals surface area contributed by atoms with E-state index < -0.39 is 22.7 Å². The van der Waals surface area contributed by atoms with Crippen molar-refractivity contribution < 1.29 is 18.3 Å². The second-order valence-electron chi connectivity index (χ2n) is 3.43. The molecular weight excluding hydrogens is 220 g/mol. The Bertz CT molecular complexity index is 300. The van der Waals surface area contributed by atoms with Crippen LogP contribution in [0.1, 0.15) is 27.2 Å². The van der Waals surface area contributed by atoms with Gasteiger partial charge in [0, 0.05) is 12.6 Å². The van der Waals surface area contributed by atoms with E-state index in [0.717, 1.165) is 4.31 Å². The van der Waals surface area contributed by atoms with Gasteiger partial charge in [0.15, 0.2) is 0 Å². The normalized spacial score (nSPS) is 12.3.